The van der Waals surface area contributed by atoms with Crippen molar-refractivity contribution in [1.29, 1.82) is 0 Å². The summed E-state index contributed by atoms with van der Waals surface area (Å²) in [5.74, 6) is -1.38. The Labute approximate surface area is 125 Å². The second-order valence-corrected chi connectivity index (χ2v) is 5.57. The monoisotopic (exact) mass is 304 g/mol. The lowest BCUT2D eigenvalue weighted by Gasteiger charge is -2.15. The number of primary amides is 2. The van der Waals surface area contributed by atoms with Gasteiger partial charge in [0.1, 0.15) is 9.88 Å². The molecule has 1 aromatic heterocycles. The van der Waals surface area contributed by atoms with Crippen LogP contribution in [0.2, 0.25) is 0 Å². The van der Waals surface area contributed by atoms with E-state index in [0.29, 0.717) is 5.00 Å². The van der Waals surface area contributed by atoms with Gasteiger partial charge < -0.3 is 22.5 Å². The van der Waals surface area contributed by atoms with E-state index in [1.165, 1.54) is 0 Å². The van der Waals surface area contributed by atoms with Gasteiger partial charge in [0, 0.05) is 6.04 Å². The van der Waals surface area contributed by atoms with E-state index in [9.17, 15) is 9.59 Å². The Hall–Kier alpha value is -2.54. The molecule has 0 radical (unpaired) electrons. The number of carbonyl (C=O) groups excluding carboxylic acids is 2. The zero-order valence-electron chi connectivity index (χ0n) is 11.4. The quantitative estimate of drug-likeness (QED) is 0.671. The van der Waals surface area contributed by atoms with E-state index in [2.05, 4.69) is 5.32 Å². The molecule has 6 nitrogen and oxygen atoms in total. The lowest BCUT2D eigenvalue weighted by molar-refractivity contribution is 0.0999. The van der Waals surface area contributed by atoms with Crippen LogP contribution >= 0.6 is 11.3 Å². The molecule has 7 heteroatoms. The minimum Gasteiger partial charge on any atom is -0.397 e. The molecule has 1 atom stereocenters. The molecule has 2 amide bonds. The standard InChI is InChI=1S/C14H16N4O2S/c1-7(8-5-3-2-4-6-8)18-14-9(12(16)19)10(15)11(21-14)13(17)20/h2-7,18H,15H2,1H3,(H2,16,19)(H2,17,20). The Morgan fingerprint density at radius 1 is 1.14 bits per heavy atom. The fourth-order valence-electron chi connectivity index (χ4n) is 1.99. The third-order valence-electron chi connectivity index (χ3n) is 3.06. The predicted octanol–water partition coefficient (Wildman–Crippen LogP) is 1.70. The summed E-state index contributed by atoms with van der Waals surface area (Å²) in [6.07, 6.45) is 0. The summed E-state index contributed by atoms with van der Waals surface area (Å²) in [7, 11) is 0. The number of anilines is 2. The molecule has 0 saturated heterocycles. The number of carbonyl (C=O) groups is 2. The summed E-state index contributed by atoms with van der Waals surface area (Å²) in [6.45, 7) is 1.93. The fraction of sp³-hybridized carbons (Fsp3) is 0.143. The first-order valence-electron chi connectivity index (χ1n) is 6.25. The van der Waals surface area contributed by atoms with E-state index in [4.69, 9.17) is 17.2 Å². The number of nitrogens with two attached hydrogens (primary N) is 3. The molecule has 2 aromatic rings. The van der Waals surface area contributed by atoms with Crippen molar-refractivity contribution in [3.8, 4) is 0 Å². The van der Waals surface area contributed by atoms with Crippen molar-refractivity contribution in [2.75, 3.05) is 11.1 Å². The van der Waals surface area contributed by atoms with Gasteiger partial charge in [-0.25, -0.2) is 0 Å². The zero-order chi connectivity index (χ0) is 15.6. The Bertz CT molecular complexity index is 682. The number of nitrogens with one attached hydrogen (secondary N) is 1. The summed E-state index contributed by atoms with van der Waals surface area (Å²) in [4.78, 5) is 23.0. The number of thiophene rings is 1. The average Bonchev–Trinajstić information content (AvgIpc) is 2.76. The molecule has 0 spiro atoms. The Morgan fingerprint density at radius 3 is 2.29 bits per heavy atom. The van der Waals surface area contributed by atoms with Gasteiger partial charge >= 0.3 is 0 Å². The van der Waals surface area contributed by atoms with Gasteiger partial charge in [0.15, 0.2) is 0 Å². The fourth-order valence-corrected chi connectivity index (χ4v) is 3.06. The van der Waals surface area contributed by atoms with Gasteiger partial charge in [0.25, 0.3) is 11.8 Å². The number of amides is 2. The van der Waals surface area contributed by atoms with Crippen molar-refractivity contribution >= 4 is 33.8 Å². The van der Waals surface area contributed by atoms with Crippen LogP contribution in [0.3, 0.4) is 0 Å². The van der Waals surface area contributed by atoms with Crippen molar-refractivity contribution < 1.29 is 9.59 Å². The third kappa shape index (κ3) is 2.97. The molecule has 0 aliphatic carbocycles. The zero-order valence-corrected chi connectivity index (χ0v) is 12.2. The summed E-state index contributed by atoms with van der Waals surface area (Å²) < 4.78 is 0. The van der Waals surface area contributed by atoms with Crippen LogP contribution in [0.25, 0.3) is 0 Å². The molecule has 0 aliphatic rings. The van der Waals surface area contributed by atoms with Crippen LogP contribution in [0.15, 0.2) is 30.3 Å². The molecule has 1 aromatic carbocycles. The molecule has 0 aliphatic heterocycles. The van der Waals surface area contributed by atoms with Crippen molar-refractivity contribution in [2.24, 2.45) is 11.5 Å². The molecule has 0 saturated carbocycles. The smallest absolute Gasteiger partial charge is 0.260 e. The highest BCUT2D eigenvalue weighted by molar-refractivity contribution is 7.19. The van der Waals surface area contributed by atoms with E-state index in [0.717, 1.165) is 16.9 Å². The van der Waals surface area contributed by atoms with Crippen molar-refractivity contribution in [3.05, 3.63) is 46.3 Å². The lowest BCUT2D eigenvalue weighted by Crippen LogP contribution is -2.17. The first-order chi connectivity index (χ1) is 9.91. The van der Waals surface area contributed by atoms with E-state index in [-0.39, 0.29) is 22.2 Å². The molecule has 7 N–H and O–H groups in total. The molecule has 110 valence electrons. The van der Waals surface area contributed by atoms with Gasteiger partial charge in [-0.05, 0) is 12.5 Å². The van der Waals surface area contributed by atoms with Crippen LogP contribution in [-0.4, -0.2) is 11.8 Å². The van der Waals surface area contributed by atoms with Crippen LogP contribution in [0.5, 0.6) is 0 Å². The van der Waals surface area contributed by atoms with Crippen LogP contribution < -0.4 is 22.5 Å². The highest BCUT2D eigenvalue weighted by Crippen LogP contribution is 2.37. The first kappa shape index (κ1) is 14.9. The maximum atomic E-state index is 11.6. The number of hydrogen-bond acceptors (Lipinski definition) is 5. The third-order valence-corrected chi connectivity index (χ3v) is 4.21. The van der Waals surface area contributed by atoms with Gasteiger partial charge in [0.05, 0.1) is 11.3 Å². The molecule has 1 unspecified atom stereocenters. The average molecular weight is 304 g/mol. The Morgan fingerprint density at radius 2 is 1.76 bits per heavy atom. The SMILES string of the molecule is CC(Nc1sc(C(N)=O)c(N)c1C(N)=O)c1ccccc1. The van der Waals surface area contributed by atoms with Gasteiger partial charge in [-0.1, -0.05) is 30.3 Å². The first-order valence-corrected chi connectivity index (χ1v) is 7.06. The minimum atomic E-state index is -0.695. The van der Waals surface area contributed by atoms with E-state index >= 15 is 0 Å². The van der Waals surface area contributed by atoms with Gasteiger partial charge in [-0.3, -0.25) is 9.59 Å². The molecule has 21 heavy (non-hydrogen) atoms. The molecule has 2 rings (SSSR count). The minimum absolute atomic E-state index is 0.0303. The van der Waals surface area contributed by atoms with Crippen molar-refractivity contribution in [1.82, 2.24) is 0 Å². The number of nitrogen functional groups attached to an aromatic ring is 1. The molecular weight excluding hydrogens is 288 g/mol. The second-order valence-electron chi connectivity index (χ2n) is 4.55. The van der Waals surface area contributed by atoms with Gasteiger partial charge in [0.2, 0.25) is 0 Å². The van der Waals surface area contributed by atoms with Crippen LogP contribution in [0.1, 0.15) is 38.6 Å². The highest BCUT2D eigenvalue weighted by Gasteiger charge is 2.23. The maximum Gasteiger partial charge on any atom is 0.260 e. The largest absolute Gasteiger partial charge is 0.397 e. The van der Waals surface area contributed by atoms with Crippen molar-refractivity contribution in [3.63, 3.8) is 0 Å². The Balaban J connectivity index is 2.38. The maximum absolute atomic E-state index is 11.6. The number of hydrogen-bond donors (Lipinski definition) is 4. The molecule has 0 bridgehead atoms. The normalized spacial score (nSPS) is 11.9. The summed E-state index contributed by atoms with van der Waals surface area (Å²) in [6, 6.07) is 9.57. The summed E-state index contributed by atoms with van der Waals surface area (Å²) in [5, 5.41) is 3.60. The number of benzene rings is 1. The second kappa shape index (κ2) is 5.84. The highest BCUT2D eigenvalue weighted by atomic mass is 32.1. The molecule has 0 fully saturated rings. The van der Waals surface area contributed by atoms with Gasteiger partial charge in [-0.2, -0.15) is 0 Å². The summed E-state index contributed by atoms with van der Waals surface area (Å²) >= 11 is 1.03. The topological polar surface area (TPSA) is 124 Å². The Kier molecular flexibility index (Phi) is 4.13. The van der Waals surface area contributed by atoms with Crippen LogP contribution in [-0.2, 0) is 0 Å². The van der Waals surface area contributed by atoms with Crippen molar-refractivity contribution in [2.45, 2.75) is 13.0 Å². The number of rotatable bonds is 5. The molecular formula is C14H16N4O2S. The van der Waals surface area contributed by atoms with E-state index in [1.807, 2.05) is 37.3 Å². The molecule has 1 heterocycles. The summed E-state index contributed by atoms with van der Waals surface area (Å²) in [5.41, 5.74) is 17.5. The van der Waals surface area contributed by atoms with E-state index < -0.39 is 11.8 Å². The van der Waals surface area contributed by atoms with Gasteiger partial charge in [-0.15, -0.1) is 11.3 Å². The predicted molar refractivity (Wildman–Crippen MR) is 84.2 cm³/mol. The van der Waals surface area contributed by atoms with Crippen LogP contribution in [0, 0.1) is 0 Å². The lowest BCUT2D eigenvalue weighted by atomic mass is 10.1. The van der Waals surface area contributed by atoms with Crippen LogP contribution in [0.4, 0.5) is 10.7 Å². The van der Waals surface area contributed by atoms with E-state index in [1.54, 1.807) is 0 Å².